The summed E-state index contributed by atoms with van der Waals surface area (Å²) in [7, 11) is 0. The van der Waals surface area contributed by atoms with E-state index in [9.17, 15) is 0 Å². The summed E-state index contributed by atoms with van der Waals surface area (Å²) in [6, 6.07) is 6.60. The molecule has 0 aromatic heterocycles. The van der Waals surface area contributed by atoms with Gasteiger partial charge in [-0.2, -0.15) is 11.8 Å². The van der Waals surface area contributed by atoms with E-state index in [4.69, 9.17) is 10.5 Å². The summed E-state index contributed by atoms with van der Waals surface area (Å²) in [6.07, 6.45) is 6.69. The number of fused-ring (bicyclic) bond motifs is 1. The van der Waals surface area contributed by atoms with Crippen molar-refractivity contribution in [2.75, 3.05) is 18.6 Å². The first kappa shape index (κ1) is 12.8. The van der Waals surface area contributed by atoms with Crippen LogP contribution in [0.3, 0.4) is 0 Å². The second-order valence-electron chi connectivity index (χ2n) is 4.55. The van der Waals surface area contributed by atoms with Gasteiger partial charge in [-0.15, -0.1) is 0 Å². The highest BCUT2D eigenvalue weighted by atomic mass is 32.2. The van der Waals surface area contributed by atoms with Crippen molar-refractivity contribution in [2.24, 2.45) is 5.73 Å². The van der Waals surface area contributed by atoms with E-state index in [1.54, 1.807) is 0 Å². The molecule has 0 amide bonds. The zero-order valence-electron chi connectivity index (χ0n) is 10.4. The molecule has 0 heterocycles. The molecule has 1 aliphatic carbocycles. The smallest absolute Gasteiger partial charge is 0.119 e. The molecule has 1 aliphatic rings. The van der Waals surface area contributed by atoms with Crippen molar-refractivity contribution < 1.29 is 4.74 Å². The van der Waals surface area contributed by atoms with E-state index in [2.05, 4.69) is 24.5 Å². The molecule has 2 nitrogen and oxygen atoms in total. The topological polar surface area (TPSA) is 35.2 Å². The van der Waals surface area contributed by atoms with Gasteiger partial charge in [0.25, 0.3) is 0 Å². The normalized spacial score (nSPS) is 18.8. The molecule has 0 saturated carbocycles. The third-order valence-electron chi connectivity index (χ3n) is 3.24. The molecule has 0 saturated heterocycles. The van der Waals surface area contributed by atoms with Gasteiger partial charge in [0, 0.05) is 6.04 Å². The molecule has 0 aliphatic heterocycles. The fraction of sp³-hybridized carbons (Fsp3) is 0.571. The van der Waals surface area contributed by atoms with Crippen molar-refractivity contribution in [2.45, 2.75) is 31.7 Å². The van der Waals surface area contributed by atoms with Gasteiger partial charge in [-0.05, 0) is 61.0 Å². The number of hydrogen-bond donors (Lipinski definition) is 1. The lowest BCUT2D eigenvalue weighted by atomic mass is 9.88. The Hall–Kier alpha value is -0.670. The maximum atomic E-state index is 6.09. The Morgan fingerprint density at radius 1 is 1.47 bits per heavy atom. The largest absolute Gasteiger partial charge is 0.494 e. The molecule has 3 heteroatoms. The van der Waals surface area contributed by atoms with Crippen molar-refractivity contribution in [1.82, 2.24) is 0 Å². The van der Waals surface area contributed by atoms with Crippen molar-refractivity contribution in [3.63, 3.8) is 0 Å². The Bertz CT molecular complexity index is 367. The highest BCUT2D eigenvalue weighted by Crippen LogP contribution is 2.30. The van der Waals surface area contributed by atoms with Gasteiger partial charge in [-0.1, -0.05) is 6.07 Å². The van der Waals surface area contributed by atoms with E-state index < -0.39 is 0 Å². The molecule has 0 fully saturated rings. The molecule has 1 unspecified atom stereocenters. The zero-order valence-corrected chi connectivity index (χ0v) is 11.3. The Balaban J connectivity index is 1.96. The second-order valence-corrected chi connectivity index (χ2v) is 5.54. The summed E-state index contributed by atoms with van der Waals surface area (Å²) < 4.78 is 5.76. The number of rotatable bonds is 5. The van der Waals surface area contributed by atoms with Gasteiger partial charge in [0.1, 0.15) is 5.75 Å². The van der Waals surface area contributed by atoms with E-state index in [1.165, 1.54) is 17.5 Å². The standard InChI is InChI=1S/C14H21NOS/c1-17-9-3-8-16-12-6-7-13-11(10-12)4-2-5-14(13)15/h6-7,10,14H,2-5,8-9,15H2,1H3. The third-order valence-corrected chi connectivity index (χ3v) is 3.93. The lowest BCUT2D eigenvalue weighted by Crippen LogP contribution is -2.17. The molecule has 0 bridgehead atoms. The van der Waals surface area contributed by atoms with Crippen LogP contribution < -0.4 is 10.5 Å². The van der Waals surface area contributed by atoms with Crippen LogP contribution in [0.5, 0.6) is 5.75 Å². The Morgan fingerprint density at radius 3 is 3.18 bits per heavy atom. The summed E-state index contributed by atoms with van der Waals surface area (Å²) in [5, 5.41) is 0. The van der Waals surface area contributed by atoms with Crippen LogP contribution in [0.1, 0.15) is 36.4 Å². The fourth-order valence-corrected chi connectivity index (χ4v) is 2.72. The Morgan fingerprint density at radius 2 is 2.35 bits per heavy atom. The van der Waals surface area contributed by atoms with Crippen molar-refractivity contribution in [3.8, 4) is 5.75 Å². The molecule has 0 radical (unpaired) electrons. The molecule has 2 rings (SSSR count). The second kappa shape index (κ2) is 6.31. The van der Waals surface area contributed by atoms with Gasteiger partial charge in [0.15, 0.2) is 0 Å². The lowest BCUT2D eigenvalue weighted by Gasteiger charge is -2.22. The molecular formula is C14H21NOS. The molecule has 17 heavy (non-hydrogen) atoms. The van der Waals surface area contributed by atoms with E-state index in [-0.39, 0.29) is 6.04 Å². The molecule has 1 aromatic rings. The van der Waals surface area contributed by atoms with Crippen molar-refractivity contribution in [1.29, 1.82) is 0 Å². The molecule has 0 spiro atoms. The first-order chi connectivity index (χ1) is 8.31. The number of hydrogen-bond acceptors (Lipinski definition) is 3. The molecule has 1 atom stereocenters. The van der Waals surface area contributed by atoms with Gasteiger partial charge in [0.05, 0.1) is 6.61 Å². The lowest BCUT2D eigenvalue weighted by molar-refractivity contribution is 0.318. The van der Waals surface area contributed by atoms with E-state index in [0.717, 1.165) is 37.4 Å². The van der Waals surface area contributed by atoms with Gasteiger partial charge in [-0.25, -0.2) is 0 Å². The number of ether oxygens (including phenoxy) is 1. The summed E-state index contributed by atoms with van der Waals surface area (Å²) in [5.74, 6) is 2.16. The highest BCUT2D eigenvalue weighted by molar-refractivity contribution is 7.98. The van der Waals surface area contributed by atoms with Crippen LogP contribution in [0, 0.1) is 0 Å². The molecule has 2 N–H and O–H groups in total. The monoisotopic (exact) mass is 251 g/mol. The van der Waals surface area contributed by atoms with Gasteiger partial charge < -0.3 is 10.5 Å². The average Bonchev–Trinajstić information content (AvgIpc) is 2.35. The number of thioether (sulfide) groups is 1. The first-order valence-corrected chi connectivity index (χ1v) is 7.71. The van der Waals surface area contributed by atoms with E-state index in [0.29, 0.717) is 0 Å². The summed E-state index contributed by atoms with van der Waals surface area (Å²) in [5.41, 5.74) is 8.79. The zero-order chi connectivity index (χ0) is 12.1. The van der Waals surface area contributed by atoms with Crippen LogP contribution in [-0.4, -0.2) is 18.6 Å². The average molecular weight is 251 g/mol. The highest BCUT2D eigenvalue weighted by Gasteiger charge is 2.16. The Kier molecular flexibility index (Phi) is 4.75. The van der Waals surface area contributed by atoms with Crippen LogP contribution in [0.4, 0.5) is 0 Å². The maximum absolute atomic E-state index is 6.09. The molecule has 94 valence electrons. The van der Waals surface area contributed by atoms with Crippen LogP contribution in [0.25, 0.3) is 0 Å². The predicted octanol–water partition coefficient (Wildman–Crippen LogP) is 3.15. The van der Waals surface area contributed by atoms with Crippen LogP contribution in [0.2, 0.25) is 0 Å². The summed E-state index contributed by atoms with van der Waals surface area (Å²) in [4.78, 5) is 0. The van der Waals surface area contributed by atoms with Gasteiger partial charge in [0.2, 0.25) is 0 Å². The van der Waals surface area contributed by atoms with Crippen LogP contribution in [0.15, 0.2) is 18.2 Å². The molecule has 1 aromatic carbocycles. The van der Waals surface area contributed by atoms with Crippen molar-refractivity contribution >= 4 is 11.8 Å². The van der Waals surface area contributed by atoms with Gasteiger partial charge in [-0.3, -0.25) is 0 Å². The minimum absolute atomic E-state index is 0.226. The minimum atomic E-state index is 0.226. The molecular weight excluding hydrogens is 230 g/mol. The number of aryl methyl sites for hydroxylation is 1. The van der Waals surface area contributed by atoms with Crippen LogP contribution >= 0.6 is 11.8 Å². The Labute approximate surface area is 108 Å². The quantitative estimate of drug-likeness (QED) is 0.816. The summed E-state index contributed by atoms with van der Waals surface area (Å²) >= 11 is 1.86. The maximum Gasteiger partial charge on any atom is 0.119 e. The van der Waals surface area contributed by atoms with Gasteiger partial charge >= 0.3 is 0 Å². The predicted molar refractivity (Wildman–Crippen MR) is 74.8 cm³/mol. The summed E-state index contributed by atoms with van der Waals surface area (Å²) in [6.45, 7) is 0.811. The number of nitrogens with two attached hydrogens (primary N) is 1. The third kappa shape index (κ3) is 3.39. The van der Waals surface area contributed by atoms with E-state index in [1.807, 2.05) is 11.8 Å². The fourth-order valence-electron chi connectivity index (χ4n) is 2.31. The minimum Gasteiger partial charge on any atom is -0.494 e. The number of benzene rings is 1. The SMILES string of the molecule is CSCCCOc1ccc2c(c1)CCCC2N. The first-order valence-electron chi connectivity index (χ1n) is 6.31. The van der Waals surface area contributed by atoms with E-state index >= 15 is 0 Å². The van der Waals surface area contributed by atoms with Crippen LogP contribution in [-0.2, 0) is 6.42 Å². The van der Waals surface area contributed by atoms with Crippen molar-refractivity contribution in [3.05, 3.63) is 29.3 Å².